The van der Waals surface area contributed by atoms with Gasteiger partial charge in [0.15, 0.2) is 6.29 Å². The SMILES string of the molecule is COc1ncc(-c2c(C)cccc2C=O)cn1. The number of aldehydes is 1. The van der Waals surface area contributed by atoms with Crippen molar-refractivity contribution in [3.8, 4) is 17.1 Å². The second-order valence-electron chi connectivity index (χ2n) is 3.62. The van der Waals surface area contributed by atoms with Crippen molar-refractivity contribution in [3.05, 3.63) is 41.7 Å². The van der Waals surface area contributed by atoms with Crippen LogP contribution < -0.4 is 4.74 Å². The molecule has 2 aromatic rings. The number of hydrogen-bond acceptors (Lipinski definition) is 4. The van der Waals surface area contributed by atoms with Crippen molar-refractivity contribution in [2.24, 2.45) is 0 Å². The van der Waals surface area contributed by atoms with Crippen LogP contribution in [0, 0.1) is 6.92 Å². The largest absolute Gasteiger partial charge is 0.467 e. The van der Waals surface area contributed by atoms with Crippen molar-refractivity contribution in [1.29, 1.82) is 0 Å². The van der Waals surface area contributed by atoms with Crippen molar-refractivity contribution >= 4 is 6.29 Å². The summed E-state index contributed by atoms with van der Waals surface area (Å²) in [6.07, 6.45) is 4.15. The van der Waals surface area contributed by atoms with E-state index in [4.69, 9.17) is 4.74 Å². The highest BCUT2D eigenvalue weighted by atomic mass is 16.5. The zero-order valence-electron chi connectivity index (χ0n) is 9.68. The molecule has 1 heterocycles. The van der Waals surface area contributed by atoms with Crippen molar-refractivity contribution in [1.82, 2.24) is 9.97 Å². The summed E-state index contributed by atoms with van der Waals surface area (Å²) in [5, 5.41) is 0. The van der Waals surface area contributed by atoms with Crippen molar-refractivity contribution in [2.45, 2.75) is 6.92 Å². The van der Waals surface area contributed by atoms with Crippen LogP contribution >= 0.6 is 0 Å². The molecule has 0 aliphatic rings. The lowest BCUT2D eigenvalue weighted by atomic mass is 9.98. The molecule has 0 radical (unpaired) electrons. The zero-order valence-corrected chi connectivity index (χ0v) is 9.68. The average molecular weight is 228 g/mol. The third-order valence-electron chi connectivity index (χ3n) is 2.53. The van der Waals surface area contributed by atoms with Crippen LogP contribution in [0.15, 0.2) is 30.6 Å². The van der Waals surface area contributed by atoms with E-state index in [-0.39, 0.29) is 0 Å². The summed E-state index contributed by atoms with van der Waals surface area (Å²) in [4.78, 5) is 19.1. The maximum Gasteiger partial charge on any atom is 0.316 e. The maximum absolute atomic E-state index is 11.0. The van der Waals surface area contributed by atoms with Gasteiger partial charge < -0.3 is 4.74 Å². The number of hydrogen-bond donors (Lipinski definition) is 0. The number of nitrogens with zero attached hydrogens (tertiary/aromatic N) is 2. The Hall–Kier alpha value is -2.23. The number of benzene rings is 1. The molecule has 1 aromatic carbocycles. The van der Waals surface area contributed by atoms with Crippen LogP contribution in [0.2, 0.25) is 0 Å². The number of aromatic nitrogens is 2. The summed E-state index contributed by atoms with van der Waals surface area (Å²) in [6, 6.07) is 5.90. The number of aryl methyl sites for hydroxylation is 1. The van der Waals surface area contributed by atoms with Crippen LogP contribution in [0.25, 0.3) is 11.1 Å². The molecule has 2 rings (SSSR count). The van der Waals surface area contributed by atoms with E-state index in [0.29, 0.717) is 11.6 Å². The maximum atomic E-state index is 11.0. The minimum absolute atomic E-state index is 0.315. The number of carbonyl (C=O) groups excluding carboxylic acids is 1. The van der Waals surface area contributed by atoms with Crippen molar-refractivity contribution in [3.63, 3.8) is 0 Å². The first-order valence-corrected chi connectivity index (χ1v) is 5.17. The highest BCUT2D eigenvalue weighted by Crippen LogP contribution is 2.25. The van der Waals surface area contributed by atoms with Gasteiger partial charge in [0.25, 0.3) is 0 Å². The van der Waals surface area contributed by atoms with Gasteiger partial charge in [0.05, 0.1) is 7.11 Å². The Morgan fingerprint density at radius 2 is 1.94 bits per heavy atom. The van der Waals surface area contributed by atoms with E-state index in [1.54, 1.807) is 18.5 Å². The Kier molecular flexibility index (Phi) is 3.14. The molecule has 4 nitrogen and oxygen atoms in total. The molecule has 0 aliphatic heterocycles. The third-order valence-corrected chi connectivity index (χ3v) is 2.53. The van der Waals surface area contributed by atoms with Crippen LogP contribution in [0.1, 0.15) is 15.9 Å². The number of methoxy groups -OCH3 is 1. The van der Waals surface area contributed by atoms with Gasteiger partial charge in [-0.1, -0.05) is 18.2 Å². The predicted octanol–water partition coefficient (Wildman–Crippen LogP) is 2.27. The molecule has 0 aliphatic carbocycles. The zero-order chi connectivity index (χ0) is 12.3. The minimum Gasteiger partial charge on any atom is -0.467 e. The first kappa shape index (κ1) is 11.3. The van der Waals surface area contributed by atoms with Crippen molar-refractivity contribution in [2.75, 3.05) is 7.11 Å². The van der Waals surface area contributed by atoms with Gasteiger partial charge >= 0.3 is 6.01 Å². The molecule has 86 valence electrons. The van der Waals surface area contributed by atoms with Gasteiger partial charge in [-0.2, -0.15) is 0 Å². The topological polar surface area (TPSA) is 52.1 Å². The summed E-state index contributed by atoms with van der Waals surface area (Å²) >= 11 is 0. The Balaban J connectivity index is 2.55. The second kappa shape index (κ2) is 4.74. The fourth-order valence-corrected chi connectivity index (χ4v) is 1.73. The summed E-state index contributed by atoms with van der Waals surface area (Å²) in [6.45, 7) is 1.95. The van der Waals surface area contributed by atoms with E-state index in [0.717, 1.165) is 23.0 Å². The van der Waals surface area contributed by atoms with Gasteiger partial charge in [-0.25, -0.2) is 9.97 Å². The van der Waals surface area contributed by atoms with Gasteiger partial charge in [0.2, 0.25) is 0 Å². The first-order valence-electron chi connectivity index (χ1n) is 5.17. The number of carbonyl (C=O) groups is 1. The van der Waals surface area contributed by atoms with E-state index < -0.39 is 0 Å². The van der Waals surface area contributed by atoms with Gasteiger partial charge in [-0.3, -0.25) is 4.79 Å². The molecule has 0 bridgehead atoms. The van der Waals surface area contributed by atoms with Crippen LogP contribution in [0.5, 0.6) is 6.01 Å². The van der Waals surface area contributed by atoms with Crippen molar-refractivity contribution < 1.29 is 9.53 Å². The summed E-state index contributed by atoms with van der Waals surface area (Å²) in [5.41, 5.74) is 3.33. The average Bonchev–Trinajstić information content (AvgIpc) is 2.38. The van der Waals surface area contributed by atoms with E-state index in [9.17, 15) is 4.79 Å². The predicted molar refractivity (Wildman–Crippen MR) is 64.1 cm³/mol. The molecule has 0 fully saturated rings. The quantitative estimate of drug-likeness (QED) is 0.756. The lowest BCUT2D eigenvalue weighted by Crippen LogP contribution is -1.95. The molecule has 0 atom stereocenters. The van der Waals surface area contributed by atoms with Crippen LogP contribution in [0.3, 0.4) is 0 Å². The normalized spacial score (nSPS) is 10.0. The molecular formula is C13H12N2O2. The molecule has 0 unspecified atom stereocenters. The molecular weight excluding hydrogens is 216 g/mol. The monoisotopic (exact) mass is 228 g/mol. The minimum atomic E-state index is 0.315. The summed E-state index contributed by atoms with van der Waals surface area (Å²) in [5.74, 6) is 0. The van der Waals surface area contributed by atoms with E-state index in [1.165, 1.54) is 7.11 Å². The Morgan fingerprint density at radius 3 is 2.53 bits per heavy atom. The number of ether oxygens (including phenoxy) is 1. The van der Waals surface area contributed by atoms with Gasteiger partial charge in [0.1, 0.15) is 0 Å². The van der Waals surface area contributed by atoms with Gasteiger partial charge in [-0.05, 0) is 18.1 Å². The highest BCUT2D eigenvalue weighted by molar-refractivity contribution is 5.88. The van der Waals surface area contributed by atoms with E-state index >= 15 is 0 Å². The van der Waals surface area contributed by atoms with Crippen LogP contribution in [0.4, 0.5) is 0 Å². The van der Waals surface area contributed by atoms with Crippen LogP contribution in [-0.4, -0.2) is 23.4 Å². The Labute approximate surface area is 99.3 Å². The van der Waals surface area contributed by atoms with E-state index in [2.05, 4.69) is 9.97 Å². The lowest BCUT2D eigenvalue weighted by Gasteiger charge is -2.08. The fourth-order valence-electron chi connectivity index (χ4n) is 1.73. The van der Waals surface area contributed by atoms with Crippen LogP contribution in [-0.2, 0) is 0 Å². The number of rotatable bonds is 3. The molecule has 4 heteroatoms. The molecule has 17 heavy (non-hydrogen) atoms. The molecule has 0 saturated heterocycles. The first-order chi connectivity index (χ1) is 8.26. The molecule has 0 saturated carbocycles. The molecule has 1 aromatic heterocycles. The smallest absolute Gasteiger partial charge is 0.316 e. The van der Waals surface area contributed by atoms with E-state index in [1.807, 2.05) is 19.1 Å². The molecule has 0 amide bonds. The Bertz CT molecular complexity index is 536. The molecule has 0 N–H and O–H groups in total. The van der Waals surface area contributed by atoms with Gasteiger partial charge in [0, 0.05) is 23.5 Å². The fraction of sp³-hybridized carbons (Fsp3) is 0.154. The Morgan fingerprint density at radius 1 is 1.24 bits per heavy atom. The molecule has 0 spiro atoms. The standard InChI is InChI=1S/C13H12N2O2/c1-9-4-3-5-10(8-16)12(9)11-6-14-13(17-2)15-7-11/h3-8H,1-2H3. The summed E-state index contributed by atoms with van der Waals surface area (Å²) < 4.78 is 4.90. The second-order valence-corrected chi connectivity index (χ2v) is 3.62. The summed E-state index contributed by atoms with van der Waals surface area (Å²) in [7, 11) is 1.51. The highest BCUT2D eigenvalue weighted by Gasteiger charge is 2.08. The third kappa shape index (κ3) is 2.15. The lowest BCUT2D eigenvalue weighted by molar-refractivity contribution is 0.112. The van der Waals surface area contributed by atoms with Gasteiger partial charge in [-0.15, -0.1) is 0 Å².